The van der Waals surface area contributed by atoms with Crippen molar-refractivity contribution >= 4 is 34.2 Å². The number of hydrogen-bond acceptors (Lipinski definition) is 2. The zero-order chi connectivity index (χ0) is 13.0. The number of carbonyl (C=O) groups excluding carboxylic acids is 1. The molecule has 2 N–H and O–H groups in total. The van der Waals surface area contributed by atoms with Crippen LogP contribution in [0.3, 0.4) is 0 Å². The normalized spacial score (nSPS) is 14.3. The maximum atomic E-state index is 12.9. The predicted octanol–water partition coefficient (Wildman–Crippen LogP) is 2.66. The molecule has 6 heteroatoms. The molecule has 0 atom stereocenters. The summed E-state index contributed by atoms with van der Waals surface area (Å²) >= 11 is 3.19. The minimum absolute atomic E-state index is 0. The minimum Gasteiger partial charge on any atom is -0.348 e. The monoisotopic (exact) mass is 348 g/mol. The molecule has 0 fully saturated rings. The summed E-state index contributed by atoms with van der Waals surface area (Å²) in [5, 5.41) is 6.05. The fourth-order valence-corrected chi connectivity index (χ4v) is 2.32. The van der Waals surface area contributed by atoms with E-state index in [-0.39, 0.29) is 24.1 Å². The molecule has 104 valence electrons. The first-order valence-electron chi connectivity index (χ1n) is 5.78. The summed E-state index contributed by atoms with van der Waals surface area (Å²) in [4.78, 5) is 11.9. The standard InChI is InChI=1S/C13H14BrFN2O.ClH/c14-12-7-10(15)1-2-11(12)13(18)17-8-9-3-5-16-6-4-9;/h1-3,7,16H,4-6,8H2,(H,17,18);1H. The number of halogens is 3. The summed E-state index contributed by atoms with van der Waals surface area (Å²) in [6.45, 7) is 2.34. The van der Waals surface area contributed by atoms with Gasteiger partial charge in [-0.2, -0.15) is 0 Å². The average molecular weight is 350 g/mol. The van der Waals surface area contributed by atoms with E-state index in [1.807, 2.05) is 0 Å². The first-order valence-corrected chi connectivity index (χ1v) is 6.58. The number of nitrogens with one attached hydrogen (secondary N) is 2. The summed E-state index contributed by atoms with van der Waals surface area (Å²) < 4.78 is 13.4. The summed E-state index contributed by atoms with van der Waals surface area (Å²) in [7, 11) is 0. The highest BCUT2D eigenvalue weighted by Crippen LogP contribution is 2.18. The third-order valence-corrected chi connectivity index (χ3v) is 3.47. The van der Waals surface area contributed by atoms with Crippen molar-refractivity contribution in [1.29, 1.82) is 0 Å². The van der Waals surface area contributed by atoms with Gasteiger partial charge in [0.25, 0.3) is 5.91 Å². The van der Waals surface area contributed by atoms with Gasteiger partial charge < -0.3 is 10.6 Å². The van der Waals surface area contributed by atoms with Crippen LogP contribution < -0.4 is 10.6 Å². The lowest BCUT2D eigenvalue weighted by Gasteiger charge is -2.14. The molecule has 0 spiro atoms. The van der Waals surface area contributed by atoms with Crippen LogP contribution in [0.1, 0.15) is 16.8 Å². The quantitative estimate of drug-likeness (QED) is 0.824. The number of carbonyl (C=O) groups is 1. The molecule has 0 bridgehead atoms. The number of amides is 1. The zero-order valence-electron chi connectivity index (χ0n) is 10.2. The highest BCUT2D eigenvalue weighted by Gasteiger charge is 2.11. The molecule has 0 unspecified atom stereocenters. The molecule has 0 saturated heterocycles. The van der Waals surface area contributed by atoms with Gasteiger partial charge in [0.1, 0.15) is 5.82 Å². The molecule has 1 heterocycles. The largest absolute Gasteiger partial charge is 0.348 e. The second-order valence-electron chi connectivity index (χ2n) is 4.12. The Morgan fingerprint density at radius 3 is 2.89 bits per heavy atom. The third-order valence-electron chi connectivity index (χ3n) is 2.81. The molecular weight excluding hydrogens is 335 g/mol. The molecule has 3 nitrogen and oxygen atoms in total. The van der Waals surface area contributed by atoms with Crippen LogP contribution in [0.25, 0.3) is 0 Å². The van der Waals surface area contributed by atoms with E-state index in [9.17, 15) is 9.18 Å². The Bertz CT molecular complexity index is 494. The van der Waals surface area contributed by atoms with Crippen molar-refractivity contribution in [2.45, 2.75) is 6.42 Å². The molecule has 1 aromatic carbocycles. The fourth-order valence-electron chi connectivity index (χ4n) is 1.79. The van der Waals surface area contributed by atoms with Crippen molar-refractivity contribution in [3.8, 4) is 0 Å². The van der Waals surface area contributed by atoms with E-state index >= 15 is 0 Å². The van der Waals surface area contributed by atoms with Crippen LogP contribution in [0, 0.1) is 5.82 Å². The van der Waals surface area contributed by atoms with Crippen LogP contribution in [0.5, 0.6) is 0 Å². The number of benzene rings is 1. The van der Waals surface area contributed by atoms with Crippen molar-refractivity contribution < 1.29 is 9.18 Å². The molecule has 0 aromatic heterocycles. The molecular formula is C13H15BrClFN2O. The Morgan fingerprint density at radius 1 is 1.47 bits per heavy atom. The van der Waals surface area contributed by atoms with Crippen molar-refractivity contribution in [3.05, 3.63) is 45.7 Å². The van der Waals surface area contributed by atoms with Gasteiger partial charge in [0.05, 0.1) is 5.56 Å². The van der Waals surface area contributed by atoms with Gasteiger partial charge in [0.15, 0.2) is 0 Å². The Hall–Kier alpha value is -0.910. The molecule has 2 rings (SSSR count). The van der Waals surface area contributed by atoms with Gasteiger partial charge in [-0.1, -0.05) is 11.6 Å². The van der Waals surface area contributed by atoms with Crippen LogP contribution >= 0.6 is 28.3 Å². The minimum atomic E-state index is -0.362. The van der Waals surface area contributed by atoms with E-state index < -0.39 is 0 Å². The summed E-state index contributed by atoms with van der Waals surface area (Å²) in [6.07, 6.45) is 3.04. The van der Waals surface area contributed by atoms with E-state index in [0.717, 1.165) is 19.5 Å². The Morgan fingerprint density at radius 2 is 2.26 bits per heavy atom. The first kappa shape index (κ1) is 16.1. The van der Waals surface area contributed by atoms with Crippen LogP contribution in [-0.4, -0.2) is 25.5 Å². The smallest absolute Gasteiger partial charge is 0.252 e. The molecule has 1 amide bonds. The van der Waals surface area contributed by atoms with Crippen LogP contribution in [0.2, 0.25) is 0 Å². The maximum Gasteiger partial charge on any atom is 0.252 e. The van der Waals surface area contributed by atoms with E-state index in [4.69, 9.17) is 0 Å². The molecule has 0 saturated carbocycles. The van der Waals surface area contributed by atoms with Crippen LogP contribution in [0.15, 0.2) is 34.3 Å². The molecule has 1 aromatic rings. The zero-order valence-corrected chi connectivity index (χ0v) is 12.6. The molecule has 19 heavy (non-hydrogen) atoms. The van der Waals surface area contributed by atoms with E-state index in [2.05, 4.69) is 32.6 Å². The lowest BCUT2D eigenvalue weighted by atomic mass is 10.1. The van der Waals surface area contributed by atoms with Crippen LogP contribution in [0.4, 0.5) is 4.39 Å². The fraction of sp³-hybridized carbons (Fsp3) is 0.308. The maximum absolute atomic E-state index is 12.9. The number of rotatable bonds is 3. The van der Waals surface area contributed by atoms with Gasteiger partial charge >= 0.3 is 0 Å². The molecule has 0 radical (unpaired) electrons. The number of hydrogen-bond donors (Lipinski definition) is 2. The van der Waals surface area contributed by atoms with Gasteiger partial charge in [0, 0.05) is 17.6 Å². The van der Waals surface area contributed by atoms with Crippen molar-refractivity contribution in [1.82, 2.24) is 10.6 Å². The van der Waals surface area contributed by atoms with Crippen molar-refractivity contribution in [2.24, 2.45) is 0 Å². The van der Waals surface area contributed by atoms with Gasteiger partial charge in [0.2, 0.25) is 0 Å². The average Bonchev–Trinajstić information content (AvgIpc) is 2.37. The molecule has 1 aliphatic rings. The second-order valence-corrected chi connectivity index (χ2v) is 4.98. The molecule has 0 aliphatic carbocycles. The highest BCUT2D eigenvalue weighted by atomic mass is 79.9. The Kier molecular flexibility index (Phi) is 6.48. The van der Waals surface area contributed by atoms with E-state index in [1.165, 1.54) is 23.8 Å². The van der Waals surface area contributed by atoms with Gasteiger partial charge in [-0.25, -0.2) is 4.39 Å². The van der Waals surface area contributed by atoms with E-state index in [1.54, 1.807) is 0 Å². The molecule has 1 aliphatic heterocycles. The lowest BCUT2D eigenvalue weighted by molar-refractivity contribution is 0.0956. The summed E-state index contributed by atoms with van der Waals surface area (Å²) in [5.41, 5.74) is 1.67. The SMILES string of the molecule is Cl.O=C(NCC1=CCNCC1)c1ccc(F)cc1Br. The van der Waals surface area contributed by atoms with Crippen LogP contribution in [-0.2, 0) is 0 Å². The van der Waals surface area contributed by atoms with Gasteiger partial charge in [-0.05, 0) is 47.1 Å². The topological polar surface area (TPSA) is 41.1 Å². The van der Waals surface area contributed by atoms with E-state index in [0.29, 0.717) is 16.6 Å². The first-order chi connectivity index (χ1) is 8.66. The summed E-state index contributed by atoms with van der Waals surface area (Å²) in [6, 6.07) is 4.05. The van der Waals surface area contributed by atoms with Gasteiger partial charge in [-0.15, -0.1) is 12.4 Å². The van der Waals surface area contributed by atoms with Crippen molar-refractivity contribution in [2.75, 3.05) is 19.6 Å². The second kappa shape index (κ2) is 7.62. The van der Waals surface area contributed by atoms with Gasteiger partial charge in [-0.3, -0.25) is 4.79 Å². The predicted molar refractivity (Wildman–Crippen MR) is 79.3 cm³/mol. The van der Waals surface area contributed by atoms with Crippen molar-refractivity contribution in [3.63, 3.8) is 0 Å². The highest BCUT2D eigenvalue weighted by molar-refractivity contribution is 9.10. The summed E-state index contributed by atoms with van der Waals surface area (Å²) in [5.74, 6) is -0.555. The Labute approximate surface area is 126 Å². The Balaban J connectivity index is 0.00000180. The lowest BCUT2D eigenvalue weighted by Crippen LogP contribution is -2.29. The third kappa shape index (κ3) is 4.60.